The number of piperidine rings is 1. The van der Waals surface area contributed by atoms with E-state index < -0.39 is 18.0 Å². The number of aromatic nitrogens is 4. The summed E-state index contributed by atoms with van der Waals surface area (Å²) in [5.41, 5.74) is 2.21. The Morgan fingerprint density at radius 3 is 2.45 bits per heavy atom. The molecule has 2 spiro atoms. The van der Waals surface area contributed by atoms with Gasteiger partial charge in [0, 0.05) is 81.2 Å². The van der Waals surface area contributed by atoms with Crippen LogP contribution in [0.2, 0.25) is 0 Å². The number of carbonyl (C=O) groups is 2. The second-order valence-electron chi connectivity index (χ2n) is 18.7. The number of urea groups is 1. The van der Waals surface area contributed by atoms with Crippen LogP contribution in [0.5, 0.6) is 11.5 Å². The predicted molar refractivity (Wildman–Crippen MR) is 235 cm³/mol. The zero-order valence-electron chi connectivity index (χ0n) is 35.2. The van der Waals surface area contributed by atoms with Gasteiger partial charge in [-0.25, -0.2) is 27.3 Å². The van der Waals surface area contributed by atoms with Gasteiger partial charge < -0.3 is 19.3 Å². The van der Waals surface area contributed by atoms with Gasteiger partial charge in [0.25, 0.3) is 5.56 Å². The summed E-state index contributed by atoms with van der Waals surface area (Å²) in [7, 11) is 1.77. The lowest BCUT2D eigenvalue weighted by Crippen LogP contribution is -2.67. The summed E-state index contributed by atoms with van der Waals surface area (Å²) in [6.45, 7) is 4.60. The van der Waals surface area contributed by atoms with Gasteiger partial charge in [-0.15, -0.1) is 0 Å². The van der Waals surface area contributed by atoms with Crippen molar-refractivity contribution in [3.8, 4) is 17.6 Å². The number of rotatable bonds is 9. The van der Waals surface area contributed by atoms with Gasteiger partial charge in [-0.2, -0.15) is 10.4 Å². The molecule has 15 nitrogen and oxygen atoms in total. The zero-order valence-corrected chi connectivity index (χ0v) is 36.0. The van der Waals surface area contributed by atoms with E-state index in [2.05, 4.69) is 29.9 Å². The van der Waals surface area contributed by atoms with Crippen LogP contribution in [0, 0.1) is 33.8 Å². The van der Waals surface area contributed by atoms with Crippen molar-refractivity contribution in [3.05, 3.63) is 76.3 Å². The lowest BCUT2D eigenvalue weighted by molar-refractivity contribution is -0.120. The number of aryl methyl sites for hydroxylation is 1. The molecule has 3 amide bonds. The van der Waals surface area contributed by atoms with Crippen LogP contribution in [0.1, 0.15) is 63.0 Å². The van der Waals surface area contributed by atoms with Crippen LogP contribution in [-0.4, -0.2) is 98.5 Å². The number of nitrogens with one attached hydrogen (secondary N) is 2. The van der Waals surface area contributed by atoms with E-state index in [9.17, 15) is 24.0 Å². The predicted octanol–water partition coefficient (Wildman–Crippen LogP) is 6.78. The first-order valence-corrected chi connectivity index (χ1v) is 22.6. The Bertz CT molecular complexity index is 2840. The maximum absolute atomic E-state index is 15.7. The van der Waals surface area contributed by atoms with Crippen LogP contribution < -0.4 is 30.1 Å². The molecule has 4 aliphatic heterocycles. The van der Waals surface area contributed by atoms with Crippen molar-refractivity contribution in [3.63, 3.8) is 0 Å². The van der Waals surface area contributed by atoms with E-state index in [1.807, 2.05) is 12.1 Å². The lowest BCUT2D eigenvalue weighted by atomic mass is 9.57. The van der Waals surface area contributed by atoms with Crippen molar-refractivity contribution >= 4 is 63.1 Å². The molecule has 11 rings (SSSR count). The van der Waals surface area contributed by atoms with Crippen molar-refractivity contribution in [2.45, 2.75) is 69.6 Å². The number of carbonyl (C=O) groups excluding carboxylic acids is 2. The van der Waals surface area contributed by atoms with Crippen LogP contribution >= 0.6 is 12.1 Å². The second-order valence-corrected chi connectivity index (χ2v) is 19.6. The number of nitriles is 1. The minimum atomic E-state index is -0.910. The topological polar surface area (TPSA) is 157 Å². The molecule has 64 heavy (non-hydrogen) atoms. The fraction of sp³-hybridized carbons (Fsp3) is 0.467. The number of halogens is 3. The molecule has 5 aromatic rings. The molecule has 6 fully saturated rings. The quantitative estimate of drug-likeness (QED) is 0.150. The summed E-state index contributed by atoms with van der Waals surface area (Å²) in [5, 5.41) is 17.7. The van der Waals surface area contributed by atoms with Crippen LogP contribution in [0.4, 0.5) is 35.2 Å². The molecule has 2 aliphatic carbocycles. The molecule has 0 bridgehead atoms. The Morgan fingerprint density at radius 1 is 0.938 bits per heavy atom. The third-order valence-electron chi connectivity index (χ3n) is 14.6. The highest BCUT2D eigenvalue weighted by Crippen LogP contribution is 2.57. The SMILES string of the molecule is Cn1nc(N2CCC(=O)NC2=O)c2cc(F)c(N3CC4(CC(N5CCC6(CC5)CC(n5cnc7ccc(Oc8c(F)ccc(NSN9CCC(F)C9)c8C#N)cc7c5=O)C6)C4)C3)cc21. The number of nitrogens with zero attached hydrogens (tertiary/aromatic N) is 9. The summed E-state index contributed by atoms with van der Waals surface area (Å²) in [5.74, 6) is -1.14. The minimum absolute atomic E-state index is 0.0205. The smallest absolute Gasteiger partial charge is 0.329 e. The Labute approximate surface area is 370 Å². The Kier molecular flexibility index (Phi) is 9.85. The van der Waals surface area contributed by atoms with Gasteiger partial charge in [0.15, 0.2) is 17.4 Å². The van der Waals surface area contributed by atoms with Gasteiger partial charge in [0.1, 0.15) is 29.4 Å². The normalized spacial score (nSPS) is 22.5. The number of hydrogen-bond acceptors (Lipinski definition) is 12. The van der Waals surface area contributed by atoms with E-state index >= 15 is 8.78 Å². The number of likely N-dealkylation sites (tertiary alicyclic amines) is 1. The van der Waals surface area contributed by atoms with E-state index in [1.165, 1.54) is 23.1 Å². The number of hydrogen-bond donors (Lipinski definition) is 2. The minimum Gasteiger partial charge on any atom is -0.453 e. The standard InChI is InChI=1S/C45H46F3N11O4S/c1-54-37-16-38(34(48)15-31(37)41(52-54)58-11-7-39(60)51-43(58)62)56-23-45(24-56)17-27(18-45)55-12-8-44(9-13-55)19-28(20-44)59-25-50-35-4-2-29(14-30(35)42(59)61)63-40-32(21-49)36(5-3-33(40)47)53-64-57-10-6-26(46)22-57/h2-5,14-16,25-28,53H,6-13,17-20,22-24H2,1H3,(H,51,60,62). The third kappa shape index (κ3) is 7.01. The zero-order chi connectivity index (χ0) is 44.1. The van der Waals surface area contributed by atoms with Gasteiger partial charge >= 0.3 is 6.03 Å². The molecule has 6 heterocycles. The van der Waals surface area contributed by atoms with Crippen molar-refractivity contribution in [2.24, 2.45) is 17.9 Å². The summed E-state index contributed by atoms with van der Waals surface area (Å²) in [4.78, 5) is 48.8. The second kappa shape index (κ2) is 15.4. The average molecular weight is 894 g/mol. The average Bonchev–Trinajstić information content (AvgIpc) is 3.80. The molecule has 2 saturated carbocycles. The summed E-state index contributed by atoms with van der Waals surface area (Å²) in [6.07, 6.45) is 7.38. The monoisotopic (exact) mass is 893 g/mol. The highest BCUT2D eigenvalue weighted by Gasteiger charge is 2.56. The maximum Gasteiger partial charge on any atom is 0.329 e. The largest absolute Gasteiger partial charge is 0.453 e. The van der Waals surface area contributed by atoms with E-state index in [0.717, 1.165) is 82.4 Å². The molecule has 0 radical (unpaired) electrons. The summed E-state index contributed by atoms with van der Waals surface area (Å²) in [6, 6.07) is 12.7. The number of ether oxygens (including phenoxy) is 1. The first kappa shape index (κ1) is 40.9. The Balaban J connectivity index is 0.691. The molecule has 1 unspecified atom stereocenters. The lowest BCUT2D eigenvalue weighted by Gasteiger charge is -2.63. The number of imide groups is 1. The molecule has 2 aromatic heterocycles. The van der Waals surface area contributed by atoms with Gasteiger partial charge in [0.05, 0.1) is 34.1 Å². The number of fused-ring (bicyclic) bond motifs is 2. The van der Waals surface area contributed by atoms with Gasteiger partial charge in [-0.1, -0.05) is 0 Å². The summed E-state index contributed by atoms with van der Waals surface area (Å²) < 4.78 is 58.6. The number of anilines is 3. The molecule has 4 saturated heterocycles. The fourth-order valence-corrected chi connectivity index (χ4v) is 11.9. The fourth-order valence-electron chi connectivity index (χ4n) is 11.0. The molecule has 1 atom stereocenters. The van der Waals surface area contributed by atoms with Crippen LogP contribution in [0.3, 0.4) is 0 Å². The Morgan fingerprint density at radius 2 is 1.72 bits per heavy atom. The first-order valence-electron chi connectivity index (χ1n) is 21.9. The number of amides is 3. The van der Waals surface area contributed by atoms with Gasteiger partial charge in [-0.3, -0.25) is 29.1 Å². The molecular formula is C45H46F3N11O4S. The van der Waals surface area contributed by atoms with E-state index in [4.69, 9.17) is 4.74 Å². The highest BCUT2D eigenvalue weighted by molar-refractivity contribution is 7.98. The molecule has 6 aliphatic rings. The third-order valence-corrected chi connectivity index (χ3v) is 15.5. The molecular weight excluding hydrogens is 848 g/mol. The van der Waals surface area contributed by atoms with Crippen molar-refractivity contribution in [1.82, 2.24) is 33.9 Å². The maximum atomic E-state index is 15.7. The number of alkyl halides is 1. The first-order chi connectivity index (χ1) is 30.9. The Hall–Kier alpha value is -5.84. The molecule has 3 aromatic carbocycles. The highest BCUT2D eigenvalue weighted by atomic mass is 32.2. The van der Waals surface area contributed by atoms with Crippen molar-refractivity contribution in [2.75, 3.05) is 60.3 Å². The van der Waals surface area contributed by atoms with Gasteiger partial charge in [-0.05, 0) is 106 Å². The van der Waals surface area contributed by atoms with E-state index in [-0.39, 0.29) is 70.7 Å². The van der Waals surface area contributed by atoms with Crippen molar-refractivity contribution in [1.29, 1.82) is 5.26 Å². The van der Waals surface area contributed by atoms with E-state index in [0.29, 0.717) is 52.5 Å². The van der Waals surface area contributed by atoms with E-state index in [1.54, 1.807) is 45.1 Å². The molecule has 2 N–H and O–H groups in total. The molecule has 332 valence electrons. The van der Waals surface area contributed by atoms with Crippen LogP contribution in [0.15, 0.2) is 53.6 Å². The number of benzene rings is 3. The summed E-state index contributed by atoms with van der Waals surface area (Å²) >= 11 is 1.16. The van der Waals surface area contributed by atoms with Crippen LogP contribution in [0.25, 0.3) is 21.8 Å². The molecule has 19 heteroatoms. The van der Waals surface area contributed by atoms with Crippen LogP contribution in [-0.2, 0) is 11.8 Å². The van der Waals surface area contributed by atoms with Gasteiger partial charge in [0.2, 0.25) is 5.91 Å². The van der Waals surface area contributed by atoms with Crippen molar-refractivity contribution < 1.29 is 27.5 Å².